The Kier molecular flexibility index (Phi) is 18.5. The largest absolute Gasteiger partial charge is 0.331 e. The first-order valence-corrected chi connectivity index (χ1v) is 29.3. The van der Waals surface area contributed by atoms with E-state index < -0.39 is 0 Å². The first kappa shape index (κ1) is 55.2. The number of unbranched alkanes of at least 4 members (excludes halogenated alkanes) is 12. The Morgan fingerprint density at radius 2 is 0.577 bits per heavy atom. The van der Waals surface area contributed by atoms with Crippen LogP contribution in [0.5, 0.6) is 0 Å². The van der Waals surface area contributed by atoms with Gasteiger partial charge in [0.15, 0.2) is 0 Å². The molecule has 0 spiro atoms. The Morgan fingerprint density at radius 1 is 0.296 bits per heavy atom. The van der Waals surface area contributed by atoms with Gasteiger partial charge in [-0.25, -0.2) is 0 Å². The van der Waals surface area contributed by atoms with Crippen molar-refractivity contribution in [3.63, 3.8) is 0 Å². The quantitative estimate of drug-likeness (QED) is 0.0318. The van der Waals surface area contributed by atoms with E-state index in [-0.39, 0.29) is 10.8 Å². The molecule has 0 saturated heterocycles. The maximum Gasteiger partial charge on any atom is 0.0780 e. The lowest BCUT2D eigenvalue weighted by Crippen LogP contribution is -2.35. The molecule has 2 aliphatic rings. The Balaban J connectivity index is 1.17. The van der Waals surface area contributed by atoms with Crippen molar-refractivity contribution in [2.45, 2.75) is 139 Å². The highest BCUT2D eigenvalue weighted by atomic mass is 32.1. The van der Waals surface area contributed by atoms with Crippen LogP contribution in [0.1, 0.15) is 151 Å². The summed E-state index contributed by atoms with van der Waals surface area (Å²) >= 11 is 2.01. The van der Waals surface area contributed by atoms with Crippen LogP contribution in [0.25, 0.3) is 43.1 Å². The van der Waals surface area contributed by atoms with Crippen molar-refractivity contribution in [1.82, 2.24) is 0 Å². The first-order chi connectivity index (χ1) is 33.7. The van der Waals surface area contributed by atoms with Crippen LogP contribution < -0.4 is 0 Å². The summed E-state index contributed by atoms with van der Waals surface area (Å²) in [5.41, 5.74) is 15.2. The topological polar surface area (TPSA) is 0 Å². The molecule has 0 atom stereocenters. The lowest BCUT2D eigenvalue weighted by atomic mass is 9.70. The Bertz CT molecular complexity index is 2240. The molecule has 5 heteroatoms. The minimum atomic E-state index is 0.0676. The van der Waals surface area contributed by atoms with Gasteiger partial charge in [0.2, 0.25) is 0 Å². The predicted molar refractivity (Wildman–Crippen MR) is 312 cm³/mol. The normalized spacial score (nSPS) is 14.9. The van der Waals surface area contributed by atoms with E-state index in [2.05, 4.69) is 182 Å². The van der Waals surface area contributed by atoms with Crippen molar-refractivity contribution in [3.05, 3.63) is 119 Å². The van der Waals surface area contributed by atoms with E-state index in [4.69, 9.17) is 0 Å². The molecule has 71 heavy (non-hydrogen) atoms. The molecule has 0 saturated carbocycles. The maximum atomic E-state index is 2.66. The van der Waals surface area contributed by atoms with Crippen molar-refractivity contribution >= 4 is 11.3 Å². The summed E-state index contributed by atoms with van der Waals surface area (Å²) < 4.78 is 4.23. The Morgan fingerprint density at radius 3 is 0.887 bits per heavy atom. The minimum absolute atomic E-state index is 0.0676. The van der Waals surface area contributed by atoms with Gasteiger partial charge in [-0.2, -0.15) is 0 Å². The number of rotatable bonds is 30. The molecular weight excluding hydrogens is 881 g/mol. The fourth-order valence-electron chi connectivity index (χ4n) is 12.7. The second-order valence-electron chi connectivity index (χ2n) is 26.7. The fraction of sp³-hybridized carbons (Fsp3) is 0.576. The highest BCUT2D eigenvalue weighted by Crippen LogP contribution is 2.57. The molecule has 2 aliphatic carbocycles. The molecule has 1 aromatic heterocycles. The lowest BCUT2D eigenvalue weighted by Gasteiger charge is -2.33. The number of benzene rings is 4. The molecule has 386 valence electrons. The average molecular weight is 982 g/mol. The molecule has 7 rings (SSSR count). The summed E-state index contributed by atoms with van der Waals surface area (Å²) in [4.78, 5) is 2.79. The molecule has 0 radical (unpaired) electrons. The summed E-state index contributed by atoms with van der Waals surface area (Å²) in [6, 6.07) is 39.1. The number of hydrogen-bond acceptors (Lipinski definition) is 1. The molecule has 4 aromatic carbocycles. The van der Waals surface area contributed by atoms with Crippen molar-refractivity contribution < 1.29 is 17.9 Å². The van der Waals surface area contributed by atoms with Gasteiger partial charge < -0.3 is 17.9 Å². The van der Waals surface area contributed by atoms with Crippen molar-refractivity contribution in [3.8, 4) is 43.1 Å². The highest BCUT2D eigenvalue weighted by Gasteiger charge is 2.44. The molecule has 0 unspecified atom stereocenters. The van der Waals surface area contributed by atoms with E-state index >= 15 is 0 Å². The van der Waals surface area contributed by atoms with Crippen LogP contribution in [0, 0.1) is 0 Å². The number of quaternary nitrogens is 4. The van der Waals surface area contributed by atoms with Gasteiger partial charge in [0, 0.05) is 20.6 Å². The van der Waals surface area contributed by atoms with Gasteiger partial charge in [0.25, 0.3) is 0 Å². The second-order valence-corrected chi connectivity index (χ2v) is 27.7. The average Bonchev–Trinajstić information content (AvgIpc) is 3.98. The van der Waals surface area contributed by atoms with E-state index in [1.54, 1.807) is 22.3 Å². The van der Waals surface area contributed by atoms with Gasteiger partial charge in [-0.3, -0.25) is 0 Å². The van der Waals surface area contributed by atoms with Crippen molar-refractivity contribution in [2.24, 2.45) is 0 Å². The zero-order valence-electron chi connectivity index (χ0n) is 47.4. The van der Waals surface area contributed by atoms with Crippen LogP contribution in [0.4, 0.5) is 0 Å². The SMILES string of the molecule is C[N+](C)(C)CCCCCCC1(CCCCCC[N+](C)(C)C)c2ccccc2-c2ccc(-c3ccc(-c4ccc5c(c4)C(CCCCCC[N+](C)(C)C)(CCCCCC[N+](C)(C)C)c4ccccc4-5)s3)cc21. The van der Waals surface area contributed by atoms with Gasteiger partial charge in [-0.1, -0.05) is 124 Å². The zero-order chi connectivity index (χ0) is 50.9. The summed E-state index contributed by atoms with van der Waals surface area (Å²) in [7, 11) is 28.0. The van der Waals surface area contributed by atoms with E-state index in [1.165, 1.54) is 198 Å². The maximum absolute atomic E-state index is 2.66. The van der Waals surface area contributed by atoms with Gasteiger partial charge in [-0.15, -0.1) is 11.3 Å². The molecule has 4 nitrogen and oxygen atoms in total. The number of fused-ring (bicyclic) bond motifs is 6. The van der Waals surface area contributed by atoms with Gasteiger partial charge >= 0.3 is 0 Å². The van der Waals surface area contributed by atoms with Crippen LogP contribution in [0.15, 0.2) is 97.1 Å². The molecule has 0 amide bonds. The summed E-state index contributed by atoms with van der Waals surface area (Å²) in [6.45, 7) is 5.02. The molecular formula is C66H100N4S+4. The number of nitrogens with zero attached hydrogens (tertiary/aromatic N) is 4. The van der Waals surface area contributed by atoms with Crippen LogP contribution >= 0.6 is 11.3 Å². The number of hydrogen-bond donors (Lipinski definition) is 0. The van der Waals surface area contributed by atoms with Crippen LogP contribution in [0.3, 0.4) is 0 Å². The third-order valence-corrected chi connectivity index (χ3v) is 17.6. The molecule has 1 heterocycles. The van der Waals surface area contributed by atoms with Crippen LogP contribution in [0.2, 0.25) is 0 Å². The van der Waals surface area contributed by atoms with E-state index in [0.29, 0.717) is 0 Å². The molecule has 0 N–H and O–H groups in total. The van der Waals surface area contributed by atoms with Gasteiger partial charge in [0.1, 0.15) is 0 Å². The van der Waals surface area contributed by atoms with Crippen LogP contribution in [-0.2, 0) is 10.8 Å². The summed E-state index contributed by atoms with van der Waals surface area (Å²) in [5.74, 6) is 0. The van der Waals surface area contributed by atoms with E-state index in [1.807, 2.05) is 11.3 Å². The predicted octanol–water partition coefficient (Wildman–Crippen LogP) is 16.2. The smallest absolute Gasteiger partial charge is 0.0780 e. The van der Waals surface area contributed by atoms with Crippen molar-refractivity contribution in [1.29, 1.82) is 0 Å². The minimum Gasteiger partial charge on any atom is -0.331 e. The molecule has 5 aromatic rings. The Labute approximate surface area is 439 Å². The van der Waals surface area contributed by atoms with Gasteiger partial charge in [-0.05, 0) is 157 Å². The highest BCUT2D eigenvalue weighted by molar-refractivity contribution is 7.18. The van der Waals surface area contributed by atoms with E-state index in [0.717, 1.165) is 17.9 Å². The molecule has 0 fully saturated rings. The fourth-order valence-corrected chi connectivity index (χ4v) is 13.7. The lowest BCUT2D eigenvalue weighted by molar-refractivity contribution is -0.870. The summed E-state index contributed by atoms with van der Waals surface area (Å²) in [5, 5.41) is 0. The second kappa shape index (κ2) is 23.7. The third kappa shape index (κ3) is 14.6. The van der Waals surface area contributed by atoms with Gasteiger partial charge in [0.05, 0.1) is 111 Å². The summed E-state index contributed by atoms with van der Waals surface area (Å²) in [6.07, 6.45) is 25.9. The Hall–Kier alpha value is -3.58. The standard InChI is InChI=1S/C66H100N4S/c1-67(2,3)47-29-17-13-25-43-65(44-26-14-18-30-48-68(4,5)6)59-35-23-21-33-55(59)57-39-37-53(51-61(57)65)63-41-42-64(71-63)54-38-40-58-56-34-22-24-36-60(56)66(62(58)52-54,45-27-15-19-31-49-69(7,8)9)46-28-16-20-32-50-70(10,11)12/h21-24,33-42,51-52H,13-20,25-32,43-50H2,1-12H3/q+4. The monoisotopic (exact) mass is 981 g/mol. The molecule has 0 aliphatic heterocycles. The van der Waals surface area contributed by atoms with Crippen molar-refractivity contribution in [2.75, 3.05) is 111 Å². The number of thiophene rings is 1. The van der Waals surface area contributed by atoms with Crippen LogP contribution in [-0.4, -0.2) is 129 Å². The third-order valence-electron chi connectivity index (χ3n) is 16.4. The zero-order valence-corrected chi connectivity index (χ0v) is 48.2. The first-order valence-electron chi connectivity index (χ1n) is 28.5. The van der Waals surface area contributed by atoms with E-state index in [9.17, 15) is 0 Å². The molecule has 0 bridgehead atoms.